The molecule has 106 valence electrons. The van der Waals surface area contributed by atoms with E-state index in [4.69, 9.17) is 9.63 Å². The van der Waals surface area contributed by atoms with E-state index >= 15 is 0 Å². The van der Waals surface area contributed by atoms with Gasteiger partial charge in [0, 0.05) is 24.8 Å². The summed E-state index contributed by atoms with van der Waals surface area (Å²) in [6.07, 6.45) is 2.14. The highest BCUT2D eigenvalue weighted by Crippen LogP contribution is 2.22. The quantitative estimate of drug-likeness (QED) is 0.929. The Kier molecular flexibility index (Phi) is 4.14. The Morgan fingerprint density at radius 3 is 2.65 bits per heavy atom. The summed E-state index contributed by atoms with van der Waals surface area (Å²) < 4.78 is 5.42. The zero-order valence-electron chi connectivity index (χ0n) is 11.5. The van der Waals surface area contributed by atoms with Crippen molar-refractivity contribution >= 4 is 0 Å². The van der Waals surface area contributed by atoms with E-state index in [-0.39, 0.29) is 0 Å². The van der Waals surface area contributed by atoms with Gasteiger partial charge in [0.15, 0.2) is 5.76 Å². The SMILES string of the molecule is OCC1CCN(Cc2cc(-c3ccccc3)on2)CC1. The first-order valence-corrected chi connectivity index (χ1v) is 7.19. The summed E-state index contributed by atoms with van der Waals surface area (Å²) in [5.74, 6) is 1.30. The van der Waals surface area contributed by atoms with Crippen LogP contribution in [0.3, 0.4) is 0 Å². The summed E-state index contributed by atoms with van der Waals surface area (Å²) in [6, 6.07) is 12.1. The molecule has 2 aromatic rings. The van der Waals surface area contributed by atoms with Crippen LogP contribution in [0.25, 0.3) is 11.3 Å². The molecule has 0 amide bonds. The number of hydrogen-bond donors (Lipinski definition) is 1. The van der Waals surface area contributed by atoms with Crippen LogP contribution in [0.2, 0.25) is 0 Å². The van der Waals surface area contributed by atoms with Crippen molar-refractivity contribution in [2.45, 2.75) is 19.4 Å². The van der Waals surface area contributed by atoms with E-state index in [1.165, 1.54) is 0 Å². The van der Waals surface area contributed by atoms with Gasteiger partial charge in [-0.15, -0.1) is 0 Å². The Bertz CT molecular complexity index is 530. The van der Waals surface area contributed by atoms with Gasteiger partial charge in [0.25, 0.3) is 0 Å². The second-order valence-electron chi connectivity index (χ2n) is 5.45. The number of hydrogen-bond acceptors (Lipinski definition) is 4. The number of rotatable bonds is 4. The molecule has 0 aliphatic carbocycles. The van der Waals surface area contributed by atoms with E-state index in [2.05, 4.69) is 10.1 Å². The number of nitrogens with zero attached hydrogens (tertiary/aromatic N) is 2. The topological polar surface area (TPSA) is 49.5 Å². The zero-order chi connectivity index (χ0) is 13.8. The zero-order valence-corrected chi connectivity index (χ0v) is 11.5. The molecule has 1 aliphatic heterocycles. The van der Waals surface area contributed by atoms with Gasteiger partial charge >= 0.3 is 0 Å². The molecule has 1 saturated heterocycles. The lowest BCUT2D eigenvalue weighted by Crippen LogP contribution is -2.34. The lowest BCUT2D eigenvalue weighted by molar-refractivity contribution is 0.125. The van der Waals surface area contributed by atoms with E-state index in [1.807, 2.05) is 36.4 Å². The monoisotopic (exact) mass is 272 g/mol. The lowest BCUT2D eigenvalue weighted by Gasteiger charge is -2.30. The third-order valence-electron chi connectivity index (χ3n) is 3.97. The number of aliphatic hydroxyl groups is 1. The summed E-state index contributed by atoms with van der Waals surface area (Å²) in [6.45, 7) is 3.20. The fourth-order valence-electron chi connectivity index (χ4n) is 2.68. The maximum absolute atomic E-state index is 9.15. The Morgan fingerprint density at radius 1 is 1.20 bits per heavy atom. The maximum atomic E-state index is 9.15. The lowest BCUT2D eigenvalue weighted by atomic mass is 9.98. The first-order chi connectivity index (χ1) is 9.85. The molecule has 20 heavy (non-hydrogen) atoms. The molecule has 4 heteroatoms. The summed E-state index contributed by atoms with van der Waals surface area (Å²) in [7, 11) is 0. The summed E-state index contributed by atoms with van der Waals surface area (Å²) in [5.41, 5.74) is 2.04. The van der Waals surface area contributed by atoms with Crippen molar-refractivity contribution in [3.8, 4) is 11.3 Å². The van der Waals surface area contributed by atoms with Crippen LogP contribution in [0.1, 0.15) is 18.5 Å². The van der Waals surface area contributed by atoms with Gasteiger partial charge in [-0.05, 0) is 31.8 Å². The molecule has 4 nitrogen and oxygen atoms in total. The van der Waals surface area contributed by atoms with Crippen molar-refractivity contribution in [3.63, 3.8) is 0 Å². The van der Waals surface area contributed by atoms with Gasteiger partial charge in [-0.25, -0.2) is 0 Å². The number of aromatic nitrogens is 1. The Labute approximate surface area is 119 Å². The minimum atomic E-state index is 0.315. The summed E-state index contributed by atoms with van der Waals surface area (Å²) >= 11 is 0. The van der Waals surface area contributed by atoms with Crippen molar-refractivity contribution in [2.24, 2.45) is 5.92 Å². The van der Waals surface area contributed by atoms with Crippen LogP contribution in [-0.2, 0) is 6.54 Å². The molecule has 2 heterocycles. The molecule has 0 radical (unpaired) electrons. The van der Waals surface area contributed by atoms with Crippen LogP contribution in [0, 0.1) is 5.92 Å². The molecule has 1 aliphatic rings. The third kappa shape index (κ3) is 3.08. The molecule has 1 aromatic carbocycles. The highest BCUT2D eigenvalue weighted by Gasteiger charge is 2.19. The van der Waals surface area contributed by atoms with Gasteiger partial charge < -0.3 is 9.63 Å². The van der Waals surface area contributed by atoms with Gasteiger partial charge in [-0.2, -0.15) is 0 Å². The minimum Gasteiger partial charge on any atom is -0.396 e. The van der Waals surface area contributed by atoms with Crippen molar-refractivity contribution < 1.29 is 9.63 Å². The van der Waals surface area contributed by atoms with Crippen LogP contribution in [-0.4, -0.2) is 34.9 Å². The molecule has 0 spiro atoms. The molecule has 1 fully saturated rings. The van der Waals surface area contributed by atoms with E-state index in [1.54, 1.807) is 0 Å². The second-order valence-corrected chi connectivity index (χ2v) is 5.45. The Balaban J connectivity index is 1.61. The molecule has 3 rings (SSSR count). The molecular weight excluding hydrogens is 252 g/mol. The van der Waals surface area contributed by atoms with Gasteiger partial charge in [0.05, 0.1) is 5.69 Å². The highest BCUT2D eigenvalue weighted by molar-refractivity contribution is 5.56. The van der Waals surface area contributed by atoms with E-state index in [9.17, 15) is 0 Å². The maximum Gasteiger partial charge on any atom is 0.167 e. The van der Waals surface area contributed by atoms with Crippen molar-refractivity contribution in [2.75, 3.05) is 19.7 Å². The molecule has 0 unspecified atom stereocenters. The smallest absolute Gasteiger partial charge is 0.167 e. The van der Waals surface area contributed by atoms with Crippen LogP contribution >= 0.6 is 0 Å². The highest BCUT2D eigenvalue weighted by atomic mass is 16.5. The number of benzene rings is 1. The fourth-order valence-corrected chi connectivity index (χ4v) is 2.68. The Hall–Kier alpha value is -1.65. The summed E-state index contributed by atoms with van der Waals surface area (Å²) in [4.78, 5) is 2.37. The van der Waals surface area contributed by atoms with Gasteiger partial charge in [0.2, 0.25) is 0 Å². The minimum absolute atomic E-state index is 0.315. The number of aliphatic hydroxyl groups excluding tert-OH is 1. The van der Waals surface area contributed by atoms with Gasteiger partial charge in [0.1, 0.15) is 0 Å². The van der Waals surface area contributed by atoms with E-state index in [0.29, 0.717) is 12.5 Å². The molecule has 1 N–H and O–H groups in total. The van der Waals surface area contributed by atoms with Gasteiger partial charge in [-0.1, -0.05) is 35.5 Å². The van der Waals surface area contributed by atoms with Gasteiger partial charge in [-0.3, -0.25) is 4.90 Å². The predicted octanol–water partition coefficient (Wildman–Crippen LogP) is 2.55. The largest absolute Gasteiger partial charge is 0.396 e. The average Bonchev–Trinajstić information content (AvgIpc) is 2.97. The normalized spacial score (nSPS) is 17.4. The van der Waals surface area contributed by atoms with Crippen molar-refractivity contribution in [3.05, 3.63) is 42.1 Å². The van der Waals surface area contributed by atoms with Crippen LogP contribution in [0.4, 0.5) is 0 Å². The van der Waals surface area contributed by atoms with Crippen molar-refractivity contribution in [1.82, 2.24) is 10.1 Å². The van der Waals surface area contributed by atoms with Crippen LogP contribution < -0.4 is 0 Å². The van der Waals surface area contributed by atoms with E-state index < -0.39 is 0 Å². The molecule has 0 bridgehead atoms. The van der Waals surface area contributed by atoms with Crippen LogP contribution in [0.15, 0.2) is 40.9 Å². The number of piperidine rings is 1. The molecular formula is C16H20N2O2. The fraction of sp³-hybridized carbons (Fsp3) is 0.438. The predicted molar refractivity (Wildman–Crippen MR) is 77.0 cm³/mol. The third-order valence-corrected chi connectivity index (χ3v) is 3.97. The first-order valence-electron chi connectivity index (χ1n) is 7.19. The van der Waals surface area contributed by atoms with E-state index in [0.717, 1.165) is 49.5 Å². The van der Waals surface area contributed by atoms with Crippen LogP contribution in [0.5, 0.6) is 0 Å². The molecule has 0 atom stereocenters. The molecule has 0 saturated carbocycles. The first kappa shape index (κ1) is 13.3. The number of likely N-dealkylation sites (tertiary alicyclic amines) is 1. The standard InChI is InChI=1S/C16H20N2O2/c19-12-13-6-8-18(9-7-13)11-15-10-16(20-17-15)14-4-2-1-3-5-14/h1-5,10,13,19H,6-9,11-12H2. The average molecular weight is 272 g/mol. The molecule has 1 aromatic heterocycles. The summed E-state index contributed by atoms with van der Waals surface area (Å²) in [5, 5.41) is 13.3. The Morgan fingerprint density at radius 2 is 1.95 bits per heavy atom. The van der Waals surface area contributed by atoms with Crippen molar-refractivity contribution in [1.29, 1.82) is 0 Å². The second kappa shape index (κ2) is 6.20.